The van der Waals surface area contributed by atoms with Crippen LogP contribution in [0.2, 0.25) is 0 Å². The monoisotopic (exact) mass is 295 g/mol. The predicted molar refractivity (Wildman–Crippen MR) is 88.5 cm³/mol. The topological polar surface area (TPSA) is 51.8 Å². The largest absolute Gasteiger partial charge is 0.330 e. The fourth-order valence-electron chi connectivity index (χ4n) is 2.30. The highest BCUT2D eigenvalue weighted by Crippen LogP contribution is 2.28. The summed E-state index contributed by atoms with van der Waals surface area (Å²) in [7, 11) is 0. The Morgan fingerprint density at radius 2 is 1.71 bits per heavy atom. The zero-order valence-corrected chi connectivity index (χ0v) is 12.5. The Morgan fingerprint density at radius 1 is 0.952 bits per heavy atom. The van der Waals surface area contributed by atoms with Crippen LogP contribution in [0, 0.1) is 0 Å². The molecule has 2 N–H and O–H groups in total. The molecule has 0 aliphatic rings. The Hall–Kier alpha value is -1.91. The van der Waals surface area contributed by atoms with Crippen molar-refractivity contribution >= 4 is 22.7 Å². The number of rotatable bonds is 5. The van der Waals surface area contributed by atoms with E-state index in [-0.39, 0.29) is 0 Å². The Morgan fingerprint density at radius 3 is 2.52 bits per heavy atom. The van der Waals surface area contributed by atoms with E-state index in [4.69, 9.17) is 5.73 Å². The summed E-state index contributed by atoms with van der Waals surface area (Å²) in [5, 5.41) is 2.13. The molecule has 21 heavy (non-hydrogen) atoms. The van der Waals surface area contributed by atoms with Crippen LogP contribution in [-0.4, -0.2) is 22.3 Å². The summed E-state index contributed by atoms with van der Waals surface area (Å²) in [5.41, 5.74) is 8.20. The van der Waals surface area contributed by atoms with E-state index in [0.29, 0.717) is 12.5 Å². The summed E-state index contributed by atoms with van der Waals surface area (Å²) in [5.74, 6) is 1.26. The number of benzene rings is 2. The van der Waals surface area contributed by atoms with Crippen molar-refractivity contribution < 1.29 is 0 Å². The molecule has 1 aromatic heterocycles. The first-order valence-corrected chi connectivity index (χ1v) is 7.94. The van der Waals surface area contributed by atoms with E-state index >= 15 is 0 Å². The first-order valence-electron chi connectivity index (χ1n) is 6.96. The van der Waals surface area contributed by atoms with Gasteiger partial charge in [-0.2, -0.15) is 0 Å². The van der Waals surface area contributed by atoms with E-state index in [9.17, 15) is 0 Å². The van der Waals surface area contributed by atoms with Crippen molar-refractivity contribution in [2.24, 2.45) is 5.73 Å². The highest BCUT2D eigenvalue weighted by atomic mass is 32.2. The molecular weight excluding hydrogens is 278 g/mol. The van der Waals surface area contributed by atoms with Crippen LogP contribution in [0.25, 0.3) is 10.9 Å². The zero-order chi connectivity index (χ0) is 14.5. The van der Waals surface area contributed by atoms with Crippen molar-refractivity contribution in [1.82, 2.24) is 9.97 Å². The maximum atomic E-state index is 5.94. The number of aromatic nitrogens is 2. The molecule has 0 bridgehead atoms. The highest BCUT2D eigenvalue weighted by molar-refractivity contribution is 7.99. The van der Waals surface area contributed by atoms with Gasteiger partial charge in [0.25, 0.3) is 0 Å². The third kappa shape index (κ3) is 3.23. The average molecular weight is 295 g/mol. The van der Waals surface area contributed by atoms with Gasteiger partial charge in [0.2, 0.25) is 0 Å². The lowest BCUT2D eigenvalue weighted by Crippen LogP contribution is -2.14. The van der Waals surface area contributed by atoms with Gasteiger partial charge in [0, 0.05) is 17.1 Å². The Bertz CT molecular complexity index is 710. The zero-order valence-electron chi connectivity index (χ0n) is 11.6. The molecule has 0 aliphatic heterocycles. The van der Waals surface area contributed by atoms with Crippen LogP contribution in [0.15, 0.2) is 66.0 Å². The minimum atomic E-state index is 0.338. The molecule has 4 heteroatoms. The van der Waals surface area contributed by atoms with Crippen molar-refractivity contribution in [3.05, 3.63) is 66.5 Å². The minimum absolute atomic E-state index is 0.338. The standard InChI is InChI=1S/C17H17N3S/c18-10-14(13-6-2-1-3-7-13)11-21-17-15-8-4-5-9-16(15)19-12-20-17/h1-9,12,14H,10-11,18H2. The Balaban J connectivity index is 1.79. The van der Waals surface area contributed by atoms with Crippen molar-refractivity contribution in [1.29, 1.82) is 0 Å². The summed E-state index contributed by atoms with van der Waals surface area (Å²) in [6.07, 6.45) is 1.63. The fraction of sp³-hybridized carbons (Fsp3) is 0.176. The molecule has 2 aromatic carbocycles. The number of thioether (sulfide) groups is 1. The third-order valence-corrected chi connectivity index (χ3v) is 4.65. The number of hydrogen-bond donors (Lipinski definition) is 1. The van der Waals surface area contributed by atoms with Gasteiger partial charge in [-0.15, -0.1) is 11.8 Å². The summed E-state index contributed by atoms with van der Waals surface area (Å²) in [6.45, 7) is 0.639. The molecule has 0 amide bonds. The number of hydrogen-bond acceptors (Lipinski definition) is 4. The minimum Gasteiger partial charge on any atom is -0.330 e. The van der Waals surface area contributed by atoms with Crippen LogP contribution >= 0.6 is 11.8 Å². The summed E-state index contributed by atoms with van der Waals surface area (Å²) in [4.78, 5) is 8.72. The van der Waals surface area contributed by atoms with Gasteiger partial charge in [0.05, 0.1) is 5.52 Å². The van der Waals surface area contributed by atoms with E-state index in [1.54, 1.807) is 18.1 Å². The van der Waals surface area contributed by atoms with E-state index in [2.05, 4.69) is 40.3 Å². The van der Waals surface area contributed by atoms with E-state index in [1.165, 1.54) is 5.56 Å². The fourth-order valence-corrected chi connectivity index (χ4v) is 3.44. The molecule has 106 valence electrons. The molecule has 1 atom stereocenters. The molecule has 3 rings (SSSR count). The van der Waals surface area contributed by atoms with Gasteiger partial charge in [-0.3, -0.25) is 0 Å². The third-order valence-electron chi connectivity index (χ3n) is 3.48. The maximum Gasteiger partial charge on any atom is 0.117 e. The van der Waals surface area contributed by atoms with E-state index < -0.39 is 0 Å². The van der Waals surface area contributed by atoms with Gasteiger partial charge < -0.3 is 5.73 Å². The summed E-state index contributed by atoms with van der Waals surface area (Å²) >= 11 is 1.75. The summed E-state index contributed by atoms with van der Waals surface area (Å²) in [6, 6.07) is 18.5. The molecule has 0 spiro atoms. The first kappa shape index (κ1) is 14.0. The lowest BCUT2D eigenvalue weighted by Gasteiger charge is -2.14. The number of nitrogens with two attached hydrogens (primary N) is 1. The smallest absolute Gasteiger partial charge is 0.117 e. The molecule has 0 aliphatic carbocycles. The van der Waals surface area contributed by atoms with Crippen molar-refractivity contribution in [2.75, 3.05) is 12.3 Å². The Labute approximate surface area is 128 Å². The van der Waals surface area contributed by atoms with Gasteiger partial charge in [0.15, 0.2) is 0 Å². The van der Waals surface area contributed by atoms with Crippen LogP contribution in [0.4, 0.5) is 0 Å². The van der Waals surface area contributed by atoms with E-state index in [1.807, 2.05) is 24.3 Å². The molecule has 3 aromatic rings. The molecule has 0 fully saturated rings. The summed E-state index contributed by atoms with van der Waals surface area (Å²) < 4.78 is 0. The van der Waals surface area contributed by atoms with E-state index in [0.717, 1.165) is 21.7 Å². The SMILES string of the molecule is NCC(CSc1ncnc2ccccc12)c1ccccc1. The molecule has 0 saturated heterocycles. The first-order chi connectivity index (χ1) is 10.4. The predicted octanol–water partition coefficient (Wildman–Crippen LogP) is 3.46. The number of para-hydroxylation sites is 1. The molecule has 0 radical (unpaired) electrons. The van der Waals surface area contributed by atoms with Gasteiger partial charge in [-0.05, 0) is 18.2 Å². The maximum absolute atomic E-state index is 5.94. The normalized spacial score (nSPS) is 12.4. The Kier molecular flexibility index (Phi) is 4.48. The van der Waals surface area contributed by atoms with Crippen molar-refractivity contribution in [2.45, 2.75) is 10.9 Å². The van der Waals surface area contributed by atoms with Crippen molar-refractivity contribution in [3.8, 4) is 0 Å². The number of nitrogens with zero attached hydrogens (tertiary/aromatic N) is 2. The lowest BCUT2D eigenvalue weighted by molar-refractivity contribution is 0.784. The van der Waals surface area contributed by atoms with Crippen LogP contribution in [0.1, 0.15) is 11.5 Å². The second-order valence-corrected chi connectivity index (χ2v) is 5.86. The number of fused-ring (bicyclic) bond motifs is 1. The second-order valence-electron chi connectivity index (χ2n) is 4.85. The van der Waals surface area contributed by atoms with Gasteiger partial charge in [-0.25, -0.2) is 9.97 Å². The lowest BCUT2D eigenvalue weighted by atomic mass is 10.0. The molecular formula is C17H17N3S. The van der Waals surface area contributed by atoms with Crippen LogP contribution in [0.5, 0.6) is 0 Å². The molecule has 0 saturated carbocycles. The van der Waals surface area contributed by atoms with Gasteiger partial charge in [-0.1, -0.05) is 48.5 Å². The molecule has 1 heterocycles. The van der Waals surface area contributed by atoms with Crippen LogP contribution in [-0.2, 0) is 0 Å². The van der Waals surface area contributed by atoms with Gasteiger partial charge >= 0.3 is 0 Å². The highest BCUT2D eigenvalue weighted by Gasteiger charge is 2.12. The quantitative estimate of drug-likeness (QED) is 0.578. The van der Waals surface area contributed by atoms with Crippen LogP contribution < -0.4 is 5.73 Å². The average Bonchev–Trinajstić information content (AvgIpc) is 2.56. The van der Waals surface area contributed by atoms with Crippen LogP contribution in [0.3, 0.4) is 0 Å². The molecule has 3 nitrogen and oxygen atoms in total. The molecule has 1 unspecified atom stereocenters. The van der Waals surface area contributed by atoms with Gasteiger partial charge in [0.1, 0.15) is 11.4 Å². The second kappa shape index (κ2) is 6.70. The van der Waals surface area contributed by atoms with Crippen molar-refractivity contribution in [3.63, 3.8) is 0 Å².